The van der Waals surface area contributed by atoms with Gasteiger partial charge in [0.15, 0.2) is 24.7 Å². The minimum absolute atomic E-state index is 0. The zero-order valence-corrected chi connectivity index (χ0v) is 16.1. The van der Waals surface area contributed by atoms with E-state index < -0.39 is 12.0 Å². The highest BCUT2D eigenvalue weighted by Crippen LogP contribution is 2.31. The number of aryl methyl sites for hydroxylation is 1. The van der Waals surface area contributed by atoms with Crippen molar-refractivity contribution in [3.05, 3.63) is 89.5 Å². The number of aliphatic hydroxyl groups excluding tert-OH is 1. The number of hydrogen-bond acceptors (Lipinski definition) is 2. The molecule has 1 N–H and O–H groups in total. The fourth-order valence-corrected chi connectivity index (χ4v) is 3.51. The highest BCUT2D eigenvalue weighted by atomic mass is 79.9. The topological polar surface area (TPSA) is 46.1 Å². The monoisotopic (exact) mass is 412 g/mol. The van der Waals surface area contributed by atoms with Gasteiger partial charge in [-0.2, -0.15) is 0 Å². The molecule has 0 fully saturated rings. The predicted octanol–water partition coefficient (Wildman–Crippen LogP) is -0.318. The Morgan fingerprint density at radius 2 is 1.88 bits per heavy atom. The first-order chi connectivity index (χ1) is 12.1. The Kier molecular flexibility index (Phi) is 5.39. The molecule has 3 aromatic rings. The van der Waals surface area contributed by atoms with Gasteiger partial charge in [-0.15, -0.1) is 0 Å². The number of carbonyl (C=O) groups excluding carboxylic acids is 1. The van der Waals surface area contributed by atoms with Crippen LogP contribution < -0.4 is 21.5 Å². The molecule has 0 bridgehead atoms. The molecule has 0 aliphatic carbocycles. The molecule has 26 heavy (non-hydrogen) atoms. The average molecular weight is 413 g/mol. The molecule has 0 spiro atoms. The van der Waals surface area contributed by atoms with Crippen molar-refractivity contribution in [2.75, 3.05) is 0 Å². The molecule has 2 atom stereocenters. The zero-order chi connectivity index (χ0) is 17.4. The normalized spacial score (nSPS) is 16.8. The molecule has 134 valence electrons. The van der Waals surface area contributed by atoms with Gasteiger partial charge in [-0.25, -0.2) is 4.57 Å². The molecule has 4 nitrogen and oxygen atoms in total. The Hall–Kier alpha value is -2.24. The predicted molar refractivity (Wildman–Crippen MR) is 94.1 cm³/mol. The van der Waals surface area contributed by atoms with Crippen LogP contribution in [0.1, 0.15) is 33.3 Å². The summed E-state index contributed by atoms with van der Waals surface area (Å²) in [6.07, 6.45) is 5.04. The summed E-state index contributed by atoms with van der Waals surface area (Å²) in [4.78, 5) is 12.4. The molecular formula is C21H21BrN2O2. The van der Waals surface area contributed by atoms with Gasteiger partial charge in [-0.1, -0.05) is 24.3 Å². The number of rotatable bonds is 4. The smallest absolute Gasteiger partial charge is 0.187 e. The molecule has 0 amide bonds. The SMILES string of the molecule is Cc1ccccc1C[n+]1ccc(C(O)C2Cn3cccc3C2=O)cc1.[Br-]. The second-order valence-electron chi connectivity index (χ2n) is 6.69. The lowest BCUT2D eigenvalue weighted by Gasteiger charge is -2.16. The Balaban J connectivity index is 0.00000196. The fraction of sp³-hybridized carbons (Fsp3) is 0.238. The molecule has 2 aromatic heterocycles. The van der Waals surface area contributed by atoms with Crippen molar-refractivity contribution in [1.29, 1.82) is 0 Å². The van der Waals surface area contributed by atoms with E-state index in [-0.39, 0.29) is 22.8 Å². The highest BCUT2D eigenvalue weighted by molar-refractivity contribution is 5.98. The second-order valence-corrected chi connectivity index (χ2v) is 6.69. The zero-order valence-electron chi connectivity index (χ0n) is 14.5. The van der Waals surface area contributed by atoms with Crippen LogP contribution in [-0.4, -0.2) is 15.5 Å². The van der Waals surface area contributed by atoms with E-state index in [0.29, 0.717) is 12.2 Å². The van der Waals surface area contributed by atoms with Crippen LogP contribution in [0.5, 0.6) is 0 Å². The van der Waals surface area contributed by atoms with Crippen molar-refractivity contribution in [1.82, 2.24) is 4.57 Å². The molecule has 4 rings (SSSR count). The quantitative estimate of drug-likeness (QED) is 0.597. The first kappa shape index (κ1) is 18.5. The van der Waals surface area contributed by atoms with Gasteiger partial charge in [0.1, 0.15) is 0 Å². The van der Waals surface area contributed by atoms with Crippen LogP contribution in [0.25, 0.3) is 0 Å². The summed E-state index contributed by atoms with van der Waals surface area (Å²) in [7, 11) is 0. The van der Waals surface area contributed by atoms with Crippen LogP contribution >= 0.6 is 0 Å². The number of carbonyl (C=O) groups is 1. The number of nitrogens with zero attached hydrogens (tertiary/aromatic N) is 2. The minimum Gasteiger partial charge on any atom is -1.00 e. The lowest BCUT2D eigenvalue weighted by molar-refractivity contribution is -0.688. The average Bonchev–Trinajstić information content (AvgIpc) is 3.20. The van der Waals surface area contributed by atoms with E-state index in [1.165, 1.54) is 11.1 Å². The first-order valence-electron chi connectivity index (χ1n) is 8.54. The van der Waals surface area contributed by atoms with Crippen LogP contribution in [0, 0.1) is 12.8 Å². The molecule has 0 saturated carbocycles. The van der Waals surface area contributed by atoms with Gasteiger partial charge >= 0.3 is 0 Å². The first-order valence-corrected chi connectivity index (χ1v) is 8.54. The Morgan fingerprint density at radius 3 is 2.58 bits per heavy atom. The fourth-order valence-electron chi connectivity index (χ4n) is 3.51. The summed E-state index contributed by atoms with van der Waals surface area (Å²) in [6, 6.07) is 15.8. The van der Waals surface area contributed by atoms with E-state index in [4.69, 9.17) is 0 Å². The number of halogens is 1. The van der Waals surface area contributed by atoms with Gasteiger partial charge in [0.25, 0.3) is 0 Å². The van der Waals surface area contributed by atoms with Crippen molar-refractivity contribution >= 4 is 5.78 Å². The van der Waals surface area contributed by atoms with Crippen molar-refractivity contribution in [2.45, 2.75) is 26.1 Å². The van der Waals surface area contributed by atoms with E-state index in [9.17, 15) is 9.90 Å². The second kappa shape index (κ2) is 7.56. The van der Waals surface area contributed by atoms with Gasteiger partial charge in [0.2, 0.25) is 0 Å². The number of Topliss-reactive ketones (excluding diaryl/α,β-unsaturated/α-hetero) is 1. The van der Waals surface area contributed by atoms with Crippen LogP contribution in [0.2, 0.25) is 0 Å². The number of pyridine rings is 1. The summed E-state index contributed by atoms with van der Waals surface area (Å²) >= 11 is 0. The standard InChI is InChI=1S/C21H21N2O2.BrH/c1-15-5-2-3-6-17(15)13-22-11-8-16(9-12-22)20(24)18-14-23-10-4-7-19(23)21(18)25;/h2-12,18,20,24H,13-14H2,1H3;1H/q+1;/p-1. The van der Waals surface area contributed by atoms with Crippen molar-refractivity contribution in [2.24, 2.45) is 5.92 Å². The number of hydrogen-bond donors (Lipinski definition) is 1. The highest BCUT2D eigenvalue weighted by Gasteiger charge is 2.36. The molecule has 0 saturated heterocycles. The molecule has 1 aliphatic rings. The van der Waals surface area contributed by atoms with Crippen molar-refractivity contribution in [3.63, 3.8) is 0 Å². The molecule has 1 aliphatic heterocycles. The maximum absolute atomic E-state index is 12.4. The van der Waals surface area contributed by atoms with Gasteiger partial charge in [0, 0.05) is 30.4 Å². The lowest BCUT2D eigenvalue weighted by atomic mass is 9.93. The van der Waals surface area contributed by atoms with Gasteiger partial charge in [0.05, 0.1) is 17.7 Å². The lowest BCUT2D eigenvalue weighted by Crippen LogP contribution is -3.00. The number of aromatic nitrogens is 2. The van der Waals surface area contributed by atoms with E-state index in [0.717, 1.165) is 12.1 Å². The summed E-state index contributed by atoms with van der Waals surface area (Å²) in [6.45, 7) is 3.44. The van der Waals surface area contributed by atoms with E-state index in [1.807, 2.05) is 59.6 Å². The van der Waals surface area contributed by atoms with Gasteiger partial charge in [-0.3, -0.25) is 4.79 Å². The molecule has 1 aromatic carbocycles. The van der Waals surface area contributed by atoms with E-state index in [2.05, 4.69) is 23.6 Å². The third-order valence-electron chi connectivity index (χ3n) is 5.07. The third-order valence-corrected chi connectivity index (χ3v) is 5.07. The Morgan fingerprint density at radius 1 is 1.15 bits per heavy atom. The van der Waals surface area contributed by atoms with Crippen LogP contribution in [0.4, 0.5) is 0 Å². The molecule has 0 radical (unpaired) electrons. The Labute approximate surface area is 163 Å². The summed E-state index contributed by atoms with van der Waals surface area (Å²) < 4.78 is 4.00. The number of benzene rings is 1. The largest absolute Gasteiger partial charge is 1.00 e. The van der Waals surface area contributed by atoms with Gasteiger partial charge in [-0.05, 0) is 30.2 Å². The number of aliphatic hydroxyl groups is 1. The molecule has 3 heterocycles. The summed E-state index contributed by atoms with van der Waals surface area (Å²) in [5.41, 5.74) is 4.00. The van der Waals surface area contributed by atoms with Gasteiger partial charge < -0.3 is 26.7 Å². The van der Waals surface area contributed by atoms with E-state index in [1.54, 1.807) is 0 Å². The minimum atomic E-state index is -0.777. The molecule has 5 heteroatoms. The number of ketones is 1. The van der Waals surface area contributed by atoms with Crippen molar-refractivity contribution in [3.8, 4) is 0 Å². The van der Waals surface area contributed by atoms with Crippen LogP contribution in [0.15, 0.2) is 67.1 Å². The molecule has 2 unspecified atom stereocenters. The summed E-state index contributed by atoms with van der Waals surface area (Å²) in [5, 5.41) is 10.7. The number of fused-ring (bicyclic) bond motifs is 1. The van der Waals surface area contributed by atoms with Crippen LogP contribution in [0.3, 0.4) is 0 Å². The maximum atomic E-state index is 12.4. The maximum Gasteiger partial charge on any atom is 0.187 e. The van der Waals surface area contributed by atoms with Crippen molar-refractivity contribution < 1.29 is 31.4 Å². The van der Waals surface area contributed by atoms with Crippen LogP contribution in [-0.2, 0) is 13.1 Å². The Bertz CT molecular complexity index is 918. The van der Waals surface area contributed by atoms with E-state index >= 15 is 0 Å². The summed E-state index contributed by atoms with van der Waals surface area (Å²) in [5.74, 6) is -0.377. The molecular weight excluding hydrogens is 392 g/mol. The third kappa shape index (κ3) is 3.37.